The van der Waals surface area contributed by atoms with E-state index in [2.05, 4.69) is 20.9 Å². The monoisotopic (exact) mass is 525 g/mol. The molecule has 1 spiro atoms. The third-order valence-corrected chi connectivity index (χ3v) is 10.6. The summed E-state index contributed by atoms with van der Waals surface area (Å²) in [4.78, 5) is 19.6. The van der Waals surface area contributed by atoms with Crippen LogP contribution in [0.2, 0.25) is 5.02 Å². The lowest BCUT2D eigenvalue weighted by Crippen LogP contribution is -2.47. The van der Waals surface area contributed by atoms with Gasteiger partial charge in [0.05, 0.1) is 29.6 Å². The second-order valence-corrected chi connectivity index (χ2v) is 13.1. The molecule has 1 N–H and O–H groups in total. The largest absolute Gasteiger partial charge is 0.343 e. The first kappa shape index (κ1) is 22.7. The van der Waals surface area contributed by atoms with Crippen molar-refractivity contribution in [2.45, 2.75) is 56.3 Å². The van der Waals surface area contributed by atoms with Crippen molar-refractivity contribution < 1.29 is 13.2 Å². The number of sulfonamides is 1. The van der Waals surface area contributed by atoms with Gasteiger partial charge in [0.15, 0.2) is 0 Å². The van der Waals surface area contributed by atoms with Crippen molar-refractivity contribution in [3.8, 4) is 0 Å². The number of aryl methyl sites for hydroxylation is 1. The number of halogens is 1. The van der Waals surface area contributed by atoms with E-state index in [1.54, 1.807) is 16.7 Å². The topological polar surface area (TPSA) is 87.5 Å². The van der Waals surface area contributed by atoms with Crippen molar-refractivity contribution in [2.24, 2.45) is 0 Å². The van der Waals surface area contributed by atoms with Crippen LogP contribution in [0, 0.1) is 0 Å². The van der Waals surface area contributed by atoms with Crippen LogP contribution in [0.3, 0.4) is 0 Å². The molecule has 3 aromatic rings. The summed E-state index contributed by atoms with van der Waals surface area (Å²) in [7, 11) is -3.31. The van der Waals surface area contributed by atoms with Gasteiger partial charge in [-0.15, -0.1) is 0 Å². The van der Waals surface area contributed by atoms with E-state index in [0.717, 1.165) is 53.7 Å². The molecule has 1 saturated carbocycles. The Morgan fingerprint density at radius 3 is 2.81 bits per heavy atom. The van der Waals surface area contributed by atoms with Crippen molar-refractivity contribution in [2.75, 3.05) is 23.7 Å². The quantitative estimate of drug-likeness (QED) is 0.512. The minimum atomic E-state index is -3.31. The zero-order chi connectivity index (χ0) is 24.7. The van der Waals surface area contributed by atoms with Gasteiger partial charge in [0, 0.05) is 59.5 Å². The maximum absolute atomic E-state index is 13.5. The molecule has 5 heterocycles. The maximum atomic E-state index is 13.5. The number of anilines is 1. The average Bonchev–Trinajstić information content (AvgIpc) is 3.11. The number of hydrogen-bond donors (Lipinski definition) is 1. The number of fused-ring (bicyclic) bond motifs is 5. The lowest BCUT2D eigenvalue weighted by atomic mass is 9.99. The Kier molecular flexibility index (Phi) is 5.06. The van der Waals surface area contributed by atoms with Crippen LogP contribution in [0.4, 0.5) is 5.69 Å². The van der Waals surface area contributed by atoms with E-state index in [1.165, 1.54) is 0 Å². The van der Waals surface area contributed by atoms with E-state index in [9.17, 15) is 13.2 Å². The predicted molar refractivity (Wildman–Crippen MR) is 139 cm³/mol. The highest BCUT2D eigenvalue weighted by atomic mass is 35.5. The second kappa shape index (κ2) is 8.02. The molecular weight excluding hydrogens is 498 g/mol. The molecule has 2 atom stereocenters. The molecule has 10 heteroatoms. The number of piperazine rings is 1. The van der Waals surface area contributed by atoms with Crippen LogP contribution in [-0.4, -0.2) is 59.1 Å². The maximum Gasteiger partial charge on any atom is 0.238 e. The Labute approximate surface area is 215 Å². The zero-order valence-corrected chi connectivity index (χ0v) is 21.4. The van der Waals surface area contributed by atoms with Crippen LogP contribution in [-0.2, 0) is 33.3 Å². The molecule has 8 nitrogen and oxygen atoms in total. The van der Waals surface area contributed by atoms with Gasteiger partial charge in [0.2, 0.25) is 15.9 Å². The first-order chi connectivity index (χ1) is 17.4. The van der Waals surface area contributed by atoms with Gasteiger partial charge >= 0.3 is 0 Å². The average molecular weight is 526 g/mol. The Balaban J connectivity index is 1.17. The molecule has 1 aromatic carbocycles. The number of nitrogens with one attached hydrogen (secondary N) is 1. The van der Waals surface area contributed by atoms with Gasteiger partial charge in [0.25, 0.3) is 0 Å². The van der Waals surface area contributed by atoms with Gasteiger partial charge in [-0.05, 0) is 61.6 Å². The van der Waals surface area contributed by atoms with Crippen molar-refractivity contribution in [1.29, 1.82) is 0 Å². The predicted octanol–water partition coefficient (Wildman–Crippen LogP) is 3.03. The highest BCUT2D eigenvalue weighted by Gasteiger charge is 2.59. The molecule has 2 aromatic heterocycles. The Morgan fingerprint density at radius 2 is 2.06 bits per heavy atom. The molecule has 1 amide bonds. The zero-order valence-electron chi connectivity index (χ0n) is 19.9. The van der Waals surface area contributed by atoms with Crippen LogP contribution in [0.25, 0.3) is 10.9 Å². The molecule has 3 aliphatic heterocycles. The van der Waals surface area contributed by atoms with Crippen LogP contribution in [0.1, 0.15) is 36.9 Å². The lowest BCUT2D eigenvalue weighted by molar-refractivity contribution is -0.120. The third-order valence-electron chi connectivity index (χ3n) is 8.43. The molecule has 188 valence electrons. The summed E-state index contributed by atoms with van der Waals surface area (Å²) >= 11 is 6.28. The summed E-state index contributed by atoms with van der Waals surface area (Å²) in [5.41, 5.74) is 3.55. The van der Waals surface area contributed by atoms with Gasteiger partial charge in [-0.25, -0.2) is 8.42 Å². The van der Waals surface area contributed by atoms with Gasteiger partial charge in [-0.2, -0.15) is 4.31 Å². The fraction of sp³-hybridized carbons (Fsp3) is 0.462. The van der Waals surface area contributed by atoms with Gasteiger partial charge in [-0.1, -0.05) is 11.6 Å². The Bertz CT molecular complexity index is 1500. The summed E-state index contributed by atoms with van der Waals surface area (Å²) in [6.45, 7) is 2.29. The van der Waals surface area contributed by atoms with Crippen LogP contribution < -0.4 is 10.2 Å². The van der Waals surface area contributed by atoms with Crippen molar-refractivity contribution in [3.05, 3.63) is 59.0 Å². The molecule has 4 aliphatic rings. The number of amides is 1. The summed E-state index contributed by atoms with van der Waals surface area (Å²) in [6.07, 6.45) is 6.72. The number of aromatic nitrogens is 2. The van der Waals surface area contributed by atoms with Gasteiger partial charge in [-0.3, -0.25) is 9.78 Å². The number of pyridine rings is 1. The van der Waals surface area contributed by atoms with E-state index >= 15 is 0 Å². The molecule has 36 heavy (non-hydrogen) atoms. The first-order valence-electron chi connectivity index (χ1n) is 12.6. The van der Waals surface area contributed by atoms with Gasteiger partial charge in [0.1, 0.15) is 0 Å². The number of carbonyl (C=O) groups excluding carboxylic acids is 1. The van der Waals surface area contributed by atoms with Crippen molar-refractivity contribution in [1.82, 2.24) is 19.2 Å². The van der Waals surface area contributed by atoms with E-state index in [1.807, 2.05) is 29.2 Å². The molecule has 3 fully saturated rings. The number of benzene rings is 1. The summed E-state index contributed by atoms with van der Waals surface area (Å²) in [6, 6.07) is 10.2. The summed E-state index contributed by atoms with van der Waals surface area (Å²) < 4.78 is 30.0. The highest BCUT2D eigenvalue weighted by molar-refractivity contribution is 7.89. The van der Waals surface area contributed by atoms with Crippen molar-refractivity contribution in [3.63, 3.8) is 0 Å². The minimum absolute atomic E-state index is 0.0923. The fourth-order valence-corrected chi connectivity index (χ4v) is 8.43. The molecule has 2 saturated heterocycles. The van der Waals surface area contributed by atoms with E-state index in [0.29, 0.717) is 37.1 Å². The lowest BCUT2D eigenvalue weighted by Gasteiger charge is -2.26. The van der Waals surface area contributed by atoms with Gasteiger partial charge < -0.3 is 14.8 Å². The molecule has 0 radical (unpaired) electrons. The first-order valence-corrected chi connectivity index (χ1v) is 14.6. The summed E-state index contributed by atoms with van der Waals surface area (Å²) in [5.74, 6) is 0.252. The van der Waals surface area contributed by atoms with Crippen LogP contribution in [0.5, 0.6) is 0 Å². The van der Waals surface area contributed by atoms with E-state index < -0.39 is 10.0 Å². The molecule has 2 unspecified atom stereocenters. The number of nitrogens with zero attached hydrogens (tertiary/aromatic N) is 4. The molecule has 2 bridgehead atoms. The number of rotatable bonds is 7. The molecule has 1 aliphatic carbocycles. The third kappa shape index (κ3) is 3.44. The molecular formula is C26H28ClN5O3S. The number of hydrogen-bond acceptors (Lipinski definition) is 5. The van der Waals surface area contributed by atoms with Crippen molar-refractivity contribution >= 4 is 44.1 Å². The van der Waals surface area contributed by atoms with Crippen LogP contribution >= 0.6 is 11.6 Å². The van der Waals surface area contributed by atoms with Crippen LogP contribution in [0.15, 0.2) is 42.7 Å². The van der Waals surface area contributed by atoms with E-state index in [-0.39, 0.29) is 23.1 Å². The molecule has 7 rings (SSSR count). The highest BCUT2D eigenvalue weighted by Crippen LogP contribution is 2.57. The minimum Gasteiger partial charge on any atom is -0.343 e. The fourth-order valence-electron chi connectivity index (χ4n) is 6.50. The smallest absolute Gasteiger partial charge is 0.238 e. The standard InChI is InChI=1S/C26H28ClN5O3S/c27-18-2-3-23-17(10-18)11-21(16-31-24-14-28-7-4-22(24)26(5-6-26)25(31)33)30(23)8-1-9-36(34,35)32-15-19-12-20(32)13-29-19/h2-4,7,10-11,14,19-20,29H,1,5-6,8-9,12-13,15-16H2. The Hall–Kier alpha value is -2.46. The SMILES string of the molecule is O=C1N(Cc2cc3cc(Cl)ccc3n2CCCS(=O)(=O)N2CC3CC2CN3)c2cnccc2C12CC2. The normalized spacial score (nSPS) is 24.4. The second-order valence-electron chi connectivity index (χ2n) is 10.6. The summed E-state index contributed by atoms with van der Waals surface area (Å²) in [5, 5.41) is 5.00. The Morgan fingerprint density at radius 1 is 1.19 bits per heavy atom. The van der Waals surface area contributed by atoms with E-state index in [4.69, 9.17) is 11.6 Å². The number of carbonyl (C=O) groups is 1.